The van der Waals surface area contributed by atoms with Crippen LogP contribution in [0, 0.1) is 11.3 Å². The van der Waals surface area contributed by atoms with Gasteiger partial charge in [-0.1, -0.05) is 18.7 Å². The van der Waals surface area contributed by atoms with Crippen molar-refractivity contribution in [2.75, 3.05) is 44.4 Å². The summed E-state index contributed by atoms with van der Waals surface area (Å²) in [6.07, 6.45) is 2.77. The summed E-state index contributed by atoms with van der Waals surface area (Å²) in [5, 5.41) is 9.01. The number of sulfonamides is 1. The Morgan fingerprint density at radius 1 is 1.18 bits per heavy atom. The molecule has 28 heavy (non-hydrogen) atoms. The summed E-state index contributed by atoms with van der Waals surface area (Å²) >= 11 is 0. The van der Waals surface area contributed by atoms with E-state index in [0.717, 1.165) is 5.56 Å². The molecule has 1 fully saturated rings. The monoisotopic (exact) mass is 399 g/mol. The highest BCUT2D eigenvalue weighted by molar-refractivity contribution is 7.88. The molecule has 0 spiro atoms. The normalized spacial score (nSPS) is 15.1. The predicted molar refractivity (Wildman–Crippen MR) is 107 cm³/mol. The Balaban J connectivity index is 2.02. The van der Waals surface area contributed by atoms with Crippen LogP contribution in [0.25, 0.3) is 17.3 Å². The SMILES string of the molecule is C=Cc1nc(-c2ccc(C#N)cc2)c(OC)c(N2CCN(S(C)(=O)=O)CC2)n1. The molecule has 0 radical (unpaired) electrons. The van der Waals surface area contributed by atoms with Gasteiger partial charge in [-0.2, -0.15) is 9.57 Å². The molecule has 2 heterocycles. The van der Waals surface area contributed by atoms with E-state index in [1.54, 1.807) is 25.3 Å². The van der Waals surface area contributed by atoms with Crippen LogP contribution in [0.15, 0.2) is 30.8 Å². The smallest absolute Gasteiger partial charge is 0.211 e. The van der Waals surface area contributed by atoms with Gasteiger partial charge in [-0.3, -0.25) is 0 Å². The number of nitriles is 1. The molecule has 0 aliphatic carbocycles. The standard InChI is InChI=1S/C19H21N5O3S/c1-4-16-21-17(15-7-5-14(13-20)6-8-15)18(27-2)19(22-16)23-9-11-24(12-10-23)28(3,25)26/h4-8H,1,9-12H2,2-3H3. The summed E-state index contributed by atoms with van der Waals surface area (Å²) in [7, 11) is -1.67. The average Bonchev–Trinajstić information content (AvgIpc) is 2.72. The van der Waals surface area contributed by atoms with E-state index in [-0.39, 0.29) is 0 Å². The van der Waals surface area contributed by atoms with E-state index in [2.05, 4.69) is 22.6 Å². The Morgan fingerprint density at radius 3 is 2.32 bits per heavy atom. The van der Waals surface area contributed by atoms with Crippen molar-refractivity contribution in [1.29, 1.82) is 5.26 Å². The predicted octanol–water partition coefficient (Wildman–Crippen LogP) is 1.75. The molecule has 0 saturated carbocycles. The zero-order valence-electron chi connectivity index (χ0n) is 15.8. The summed E-state index contributed by atoms with van der Waals surface area (Å²) < 4.78 is 30.6. The van der Waals surface area contributed by atoms with Gasteiger partial charge < -0.3 is 9.64 Å². The lowest BCUT2D eigenvalue weighted by atomic mass is 10.1. The van der Waals surface area contributed by atoms with E-state index in [9.17, 15) is 8.42 Å². The molecule has 0 N–H and O–H groups in total. The third kappa shape index (κ3) is 3.98. The van der Waals surface area contributed by atoms with Gasteiger partial charge in [0.05, 0.1) is 25.0 Å². The number of hydrogen-bond acceptors (Lipinski definition) is 7. The average molecular weight is 399 g/mol. The van der Waals surface area contributed by atoms with E-state index < -0.39 is 10.0 Å². The molecule has 0 amide bonds. The van der Waals surface area contributed by atoms with Gasteiger partial charge >= 0.3 is 0 Å². The molecule has 3 rings (SSSR count). The van der Waals surface area contributed by atoms with Crippen LogP contribution in [0.2, 0.25) is 0 Å². The Labute approximate surface area is 164 Å². The molecule has 146 valence electrons. The van der Waals surface area contributed by atoms with Gasteiger partial charge in [-0.05, 0) is 18.2 Å². The topological polar surface area (TPSA) is 99.4 Å². The van der Waals surface area contributed by atoms with Gasteiger partial charge in [0.15, 0.2) is 17.4 Å². The van der Waals surface area contributed by atoms with Crippen molar-refractivity contribution >= 4 is 21.9 Å². The minimum absolute atomic E-state index is 0.377. The molecule has 0 unspecified atom stereocenters. The molecular formula is C19H21N5O3S. The maximum absolute atomic E-state index is 11.8. The fourth-order valence-electron chi connectivity index (χ4n) is 3.08. The zero-order chi connectivity index (χ0) is 20.3. The van der Waals surface area contributed by atoms with Crippen LogP contribution in [0.1, 0.15) is 11.4 Å². The Hall–Kier alpha value is -2.96. The summed E-state index contributed by atoms with van der Waals surface area (Å²) in [6.45, 7) is 5.50. The maximum Gasteiger partial charge on any atom is 0.211 e. The largest absolute Gasteiger partial charge is 0.491 e. The molecule has 0 atom stereocenters. The maximum atomic E-state index is 11.8. The van der Waals surface area contributed by atoms with Crippen molar-refractivity contribution in [2.45, 2.75) is 0 Å². The fraction of sp³-hybridized carbons (Fsp3) is 0.316. The number of benzene rings is 1. The Kier molecular flexibility index (Phi) is 5.63. The van der Waals surface area contributed by atoms with Gasteiger partial charge in [0.2, 0.25) is 10.0 Å². The van der Waals surface area contributed by atoms with E-state index in [1.807, 2.05) is 17.0 Å². The van der Waals surface area contributed by atoms with Crippen molar-refractivity contribution in [3.05, 3.63) is 42.2 Å². The zero-order valence-corrected chi connectivity index (χ0v) is 16.6. The van der Waals surface area contributed by atoms with Crippen molar-refractivity contribution < 1.29 is 13.2 Å². The van der Waals surface area contributed by atoms with Gasteiger partial charge in [0, 0.05) is 31.7 Å². The molecule has 1 saturated heterocycles. The first-order valence-electron chi connectivity index (χ1n) is 8.66. The lowest BCUT2D eigenvalue weighted by molar-refractivity contribution is 0.378. The highest BCUT2D eigenvalue weighted by Gasteiger charge is 2.27. The van der Waals surface area contributed by atoms with Crippen LogP contribution in [0.3, 0.4) is 0 Å². The molecule has 1 aromatic heterocycles. The second-order valence-corrected chi connectivity index (χ2v) is 8.31. The van der Waals surface area contributed by atoms with E-state index >= 15 is 0 Å². The molecule has 1 aliphatic rings. The fourth-order valence-corrected chi connectivity index (χ4v) is 3.91. The lowest BCUT2D eigenvalue weighted by Crippen LogP contribution is -2.48. The first-order valence-corrected chi connectivity index (χ1v) is 10.5. The second kappa shape index (κ2) is 7.96. The highest BCUT2D eigenvalue weighted by Crippen LogP contribution is 2.36. The minimum Gasteiger partial charge on any atom is -0.491 e. The Bertz CT molecular complexity index is 1020. The third-order valence-electron chi connectivity index (χ3n) is 4.55. The van der Waals surface area contributed by atoms with E-state index in [4.69, 9.17) is 10.00 Å². The van der Waals surface area contributed by atoms with Gasteiger partial charge in [-0.15, -0.1) is 0 Å². The van der Waals surface area contributed by atoms with Gasteiger partial charge in [0.25, 0.3) is 0 Å². The highest BCUT2D eigenvalue weighted by atomic mass is 32.2. The summed E-state index contributed by atoms with van der Waals surface area (Å²) in [5.74, 6) is 1.55. The second-order valence-electron chi connectivity index (χ2n) is 6.33. The lowest BCUT2D eigenvalue weighted by Gasteiger charge is -2.34. The van der Waals surface area contributed by atoms with Crippen LogP contribution in [-0.4, -0.2) is 62.2 Å². The van der Waals surface area contributed by atoms with Crippen LogP contribution in [-0.2, 0) is 10.0 Å². The number of piperazine rings is 1. The number of anilines is 1. The summed E-state index contributed by atoms with van der Waals surface area (Å²) in [6, 6.07) is 9.14. The third-order valence-corrected chi connectivity index (χ3v) is 5.85. The molecule has 1 aliphatic heterocycles. The number of nitrogens with zero attached hydrogens (tertiary/aromatic N) is 5. The molecular weight excluding hydrogens is 378 g/mol. The molecule has 0 bridgehead atoms. The molecule has 9 heteroatoms. The van der Waals surface area contributed by atoms with Crippen LogP contribution >= 0.6 is 0 Å². The van der Waals surface area contributed by atoms with E-state index in [1.165, 1.54) is 10.6 Å². The first kappa shape index (κ1) is 19.8. The molecule has 1 aromatic carbocycles. The number of ether oxygens (including phenoxy) is 1. The van der Waals surface area contributed by atoms with Crippen molar-refractivity contribution in [2.24, 2.45) is 0 Å². The van der Waals surface area contributed by atoms with Crippen molar-refractivity contribution in [3.8, 4) is 23.1 Å². The van der Waals surface area contributed by atoms with Crippen molar-refractivity contribution in [1.82, 2.24) is 14.3 Å². The summed E-state index contributed by atoms with van der Waals surface area (Å²) in [4.78, 5) is 11.1. The Morgan fingerprint density at radius 2 is 1.82 bits per heavy atom. The van der Waals surface area contributed by atoms with Crippen LogP contribution in [0.4, 0.5) is 5.82 Å². The number of aromatic nitrogens is 2. The number of methoxy groups -OCH3 is 1. The molecule has 8 nitrogen and oxygen atoms in total. The van der Waals surface area contributed by atoms with Crippen molar-refractivity contribution in [3.63, 3.8) is 0 Å². The van der Waals surface area contributed by atoms with Gasteiger partial charge in [-0.25, -0.2) is 18.4 Å². The van der Waals surface area contributed by atoms with Crippen LogP contribution in [0.5, 0.6) is 5.75 Å². The quantitative estimate of drug-likeness (QED) is 0.755. The van der Waals surface area contributed by atoms with Crippen LogP contribution < -0.4 is 9.64 Å². The van der Waals surface area contributed by atoms with Gasteiger partial charge in [0.1, 0.15) is 5.69 Å². The van der Waals surface area contributed by atoms with E-state index in [0.29, 0.717) is 54.8 Å². The summed E-state index contributed by atoms with van der Waals surface area (Å²) in [5.41, 5.74) is 1.94. The number of hydrogen-bond donors (Lipinski definition) is 0. The minimum atomic E-state index is -3.22. The number of rotatable bonds is 5. The first-order chi connectivity index (χ1) is 13.4. The molecule has 2 aromatic rings.